The molecule has 0 spiro atoms. The molecule has 1 aromatic heterocycles. The monoisotopic (exact) mass is 426 g/mol. The average Bonchev–Trinajstić information content (AvgIpc) is 2.75. The number of amides is 2. The molecule has 0 atom stereocenters. The van der Waals surface area contributed by atoms with Crippen molar-refractivity contribution < 1.29 is 9.59 Å². The molecule has 1 aromatic carbocycles. The van der Waals surface area contributed by atoms with Crippen LogP contribution in [0.15, 0.2) is 24.3 Å². The number of benzene rings is 1. The Labute approximate surface area is 148 Å². The Morgan fingerprint density at radius 3 is 2.43 bits per heavy atom. The van der Waals surface area contributed by atoms with Gasteiger partial charge < -0.3 is 11.1 Å². The molecular weight excluding hydrogens is 407 g/mol. The number of nitrogens with two attached hydrogens (primary N) is 1. The number of aryl methyl sites for hydroxylation is 2. The fraction of sp³-hybridized carbons (Fsp3) is 0.312. The minimum atomic E-state index is -0.484. The lowest BCUT2D eigenvalue weighted by atomic mass is 10.2. The van der Waals surface area contributed by atoms with Crippen molar-refractivity contribution in [2.75, 3.05) is 5.32 Å². The molecule has 3 N–H and O–H groups in total. The quantitative estimate of drug-likeness (QED) is 0.696. The zero-order valence-electron chi connectivity index (χ0n) is 13.1. The molecule has 7 heteroatoms. The highest BCUT2D eigenvalue weighted by atomic mass is 127. The molecule has 0 fully saturated rings. The van der Waals surface area contributed by atoms with Gasteiger partial charge in [-0.2, -0.15) is 5.10 Å². The van der Waals surface area contributed by atoms with Crippen LogP contribution < -0.4 is 11.1 Å². The molecule has 1 heterocycles. The number of nitrogens with zero attached hydrogens (tertiary/aromatic N) is 2. The number of primary amides is 1. The first-order chi connectivity index (χ1) is 10.9. The summed E-state index contributed by atoms with van der Waals surface area (Å²) in [5.41, 5.74) is 8.39. The first-order valence-electron chi connectivity index (χ1n) is 7.27. The van der Waals surface area contributed by atoms with Crippen molar-refractivity contribution in [2.24, 2.45) is 5.73 Å². The van der Waals surface area contributed by atoms with E-state index in [2.05, 4.69) is 33.0 Å². The third-order valence-electron chi connectivity index (χ3n) is 3.52. The molecule has 2 aromatic rings. The third-order valence-corrected chi connectivity index (χ3v) is 5.08. The summed E-state index contributed by atoms with van der Waals surface area (Å²) in [7, 11) is 0. The second-order valence-electron chi connectivity index (χ2n) is 5.30. The Morgan fingerprint density at radius 2 is 1.91 bits per heavy atom. The molecule has 0 aliphatic heterocycles. The van der Waals surface area contributed by atoms with Gasteiger partial charge in [-0.15, -0.1) is 0 Å². The van der Waals surface area contributed by atoms with Gasteiger partial charge in [-0.3, -0.25) is 14.3 Å². The van der Waals surface area contributed by atoms with E-state index in [0.29, 0.717) is 30.6 Å². The van der Waals surface area contributed by atoms with Crippen LogP contribution >= 0.6 is 22.6 Å². The highest BCUT2D eigenvalue weighted by molar-refractivity contribution is 14.1. The molecule has 0 bridgehead atoms. The van der Waals surface area contributed by atoms with E-state index in [1.807, 2.05) is 18.5 Å². The van der Waals surface area contributed by atoms with Crippen LogP contribution in [0.4, 0.5) is 5.69 Å². The van der Waals surface area contributed by atoms with Gasteiger partial charge in [0.05, 0.1) is 9.26 Å². The Kier molecular flexibility index (Phi) is 5.75. The maximum atomic E-state index is 11.9. The van der Waals surface area contributed by atoms with Crippen LogP contribution in [0, 0.1) is 17.4 Å². The molecule has 0 radical (unpaired) electrons. The van der Waals surface area contributed by atoms with Gasteiger partial charge in [0.2, 0.25) is 11.8 Å². The van der Waals surface area contributed by atoms with Crippen molar-refractivity contribution in [2.45, 2.75) is 33.2 Å². The average molecular weight is 426 g/mol. The van der Waals surface area contributed by atoms with E-state index < -0.39 is 5.91 Å². The molecule has 0 saturated heterocycles. The molecule has 2 rings (SSSR count). The van der Waals surface area contributed by atoms with Gasteiger partial charge in [-0.1, -0.05) is 0 Å². The standard InChI is InChI=1S/C16H19IN4O2/c1-10-15(17)11(2)21(20-10)9-3-4-14(22)19-13-7-5-12(6-8-13)16(18)23/h5-8H,3-4,9H2,1-2H3,(H2,18,23)(H,19,22). The molecule has 2 amide bonds. The van der Waals surface area contributed by atoms with Crippen LogP contribution in [0.25, 0.3) is 0 Å². The molecule has 0 saturated carbocycles. The molecule has 23 heavy (non-hydrogen) atoms. The number of nitrogens with one attached hydrogen (secondary N) is 1. The van der Waals surface area contributed by atoms with Crippen LogP contribution in [0.3, 0.4) is 0 Å². The molecule has 6 nitrogen and oxygen atoms in total. The van der Waals surface area contributed by atoms with Crippen molar-refractivity contribution >= 4 is 40.1 Å². The minimum Gasteiger partial charge on any atom is -0.366 e. The van der Waals surface area contributed by atoms with Crippen LogP contribution in [-0.4, -0.2) is 21.6 Å². The van der Waals surface area contributed by atoms with Crippen LogP contribution in [0.5, 0.6) is 0 Å². The van der Waals surface area contributed by atoms with Crippen molar-refractivity contribution in [3.63, 3.8) is 0 Å². The Balaban J connectivity index is 1.83. The van der Waals surface area contributed by atoms with Gasteiger partial charge in [0.1, 0.15) is 0 Å². The number of rotatable bonds is 6. The lowest BCUT2D eigenvalue weighted by Crippen LogP contribution is -2.14. The van der Waals surface area contributed by atoms with E-state index in [-0.39, 0.29) is 5.91 Å². The van der Waals surface area contributed by atoms with Gasteiger partial charge in [0.15, 0.2) is 0 Å². The van der Waals surface area contributed by atoms with Crippen LogP contribution in [0.1, 0.15) is 34.6 Å². The summed E-state index contributed by atoms with van der Waals surface area (Å²) in [5.74, 6) is -0.546. The predicted octanol–water partition coefficient (Wildman–Crippen LogP) is 2.62. The summed E-state index contributed by atoms with van der Waals surface area (Å²) in [5, 5.41) is 7.25. The summed E-state index contributed by atoms with van der Waals surface area (Å²) in [4.78, 5) is 22.9. The number of hydrogen-bond acceptors (Lipinski definition) is 3. The maximum absolute atomic E-state index is 11.9. The van der Waals surface area contributed by atoms with E-state index in [1.54, 1.807) is 24.3 Å². The first-order valence-corrected chi connectivity index (χ1v) is 8.35. The topological polar surface area (TPSA) is 90.0 Å². The SMILES string of the molecule is Cc1nn(CCCC(=O)Nc2ccc(C(N)=O)cc2)c(C)c1I. The number of carbonyl (C=O) groups excluding carboxylic acids is 2. The molecule has 0 unspecified atom stereocenters. The van der Waals surface area contributed by atoms with Gasteiger partial charge in [-0.25, -0.2) is 0 Å². The number of hydrogen-bond donors (Lipinski definition) is 2. The predicted molar refractivity (Wildman–Crippen MR) is 97.2 cm³/mol. The normalized spacial score (nSPS) is 10.6. The Morgan fingerprint density at radius 1 is 1.26 bits per heavy atom. The Hall–Kier alpha value is -1.90. The summed E-state index contributed by atoms with van der Waals surface area (Å²) < 4.78 is 3.10. The zero-order chi connectivity index (χ0) is 17.0. The van der Waals surface area contributed by atoms with Gasteiger partial charge in [0, 0.05) is 29.9 Å². The Bertz CT molecular complexity index is 722. The van der Waals surface area contributed by atoms with Crippen molar-refractivity contribution in [1.29, 1.82) is 0 Å². The molecule has 122 valence electrons. The van der Waals surface area contributed by atoms with E-state index >= 15 is 0 Å². The second kappa shape index (κ2) is 7.58. The minimum absolute atomic E-state index is 0.0620. The van der Waals surface area contributed by atoms with Crippen molar-refractivity contribution in [3.05, 3.63) is 44.8 Å². The summed E-state index contributed by atoms with van der Waals surface area (Å²) in [6, 6.07) is 6.52. The number of carbonyl (C=O) groups is 2. The maximum Gasteiger partial charge on any atom is 0.248 e. The van der Waals surface area contributed by atoms with Gasteiger partial charge in [-0.05, 0) is 67.1 Å². The fourth-order valence-corrected chi connectivity index (χ4v) is 2.61. The van der Waals surface area contributed by atoms with Crippen LogP contribution in [-0.2, 0) is 11.3 Å². The third kappa shape index (κ3) is 4.54. The number of halogens is 1. The summed E-state index contributed by atoms with van der Waals surface area (Å²) in [6.45, 7) is 4.72. The summed E-state index contributed by atoms with van der Waals surface area (Å²) >= 11 is 2.28. The van der Waals surface area contributed by atoms with Crippen molar-refractivity contribution in [3.8, 4) is 0 Å². The van der Waals surface area contributed by atoms with Crippen LogP contribution in [0.2, 0.25) is 0 Å². The summed E-state index contributed by atoms with van der Waals surface area (Å²) in [6.07, 6.45) is 1.12. The van der Waals surface area contributed by atoms with Gasteiger partial charge >= 0.3 is 0 Å². The molecule has 0 aliphatic rings. The number of aromatic nitrogens is 2. The largest absolute Gasteiger partial charge is 0.366 e. The lowest BCUT2D eigenvalue weighted by Gasteiger charge is -2.07. The smallest absolute Gasteiger partial charge is 0.248 e. The van der Waals surface area contributed by atoms with Crippen molar-refractivity contribution in [1.82, 2.24) is 9.78 Å². The second-order valence-corrected chi connectivity index (χ2v) is 6.38. The first kappa shape index (κ1) is 17.5. The molecular formula is C16H19IN4O2. The van der Waals surface area contributed by atoms with Gasteiger partial charge in [0.25, 0.3) is 0 Å². The number of anilines is 1. The highest BCUT2D eigenvalue weighted by Crippen LogP contribution is 2.16. The molecule has 0 aliphatic carbocycles. The van der Waals surface area contributed by atoms with E-state index in [9.17, 15) is 9.59 Å². The lowest BCUT2D eigenvalue weighted by molar-refractivity contribution is -0.116. The van der Waals surface area contributed by atoms with E-state index in [1.165, 1.54) is 3.57 Å². The van der Waals surface area contributed by atoms with E-state index in [4.69, 9.17) is 5.73 Å². The fourth-order valence-electron chi connectivity index (χ4n) is 2.22. The van der Waals surface area contributed by atoms with E-state index in [0.717, 1.165) is 11.4 Å². The zero-order valence-corrected chi connectivity index (χ0v) is 15.3. The highest BCUT2D eigenvalue weighted by Gasteiger charge is 2.09.